The largest absolute Gasteiger partial charge is 0.392 e. The van der Waals surface area contributed by atoms with E-state index < -0.39 is 6.29 Å². The predicted molar refractivity (Wildman–Crippen MR) is 202 cm³/mol. The quantitative estimate of drug-likeness (QED) is 0.116. The monoisotopic (exact) mass is 710 g/mol. The number of carbonyl (C=O) groups excluding carboxylic acids is 2. The summed E-state index contributed by atoms with van der Waals surface area (Å²) in [5.74, 6) is 0.343. The van der Waals surface area contributed by atoms with E-state index in [-0.39, 0.29) is 36.3 Å². The number of rotatable bonds is 11. The summed E-state index contributed by atoms with van der Waals surface area (Å²) in [6, 6.07) is 39.4. The van der Waals surface area contributed by atoms with Crippen LogP contribution in [0.2, 0.25) is 0 Å². The van der Waals surface area contributed by atoms with Crippen molar-refractivity contribution in [1.82, 2.24) is 15.3 Å². The first-order chi connectivity index (χ1) is 25.4. The molecule has 1 aromatic heterocycles. The number of thioether (sulfide) groups is 1. The molecule has 0 aliphatic carbocycles. The van der Waals surface area contributed by atoms with Crippen LogP contribution in [0.4, 0.5) is 5.69 Å². The fraction of sp³-hybridized carbons (Fsp3) is 0.190. The van der Waals surface area contributed by atoms with Crippen molar-refractivity contribution in [3.63, 3.8) is 0 Å². The van der Waals surface area contributed by atoms with Gasteiger partial charge in [-0.05, 0) is 70.3 Å². The minimum absolute atomic E-state index is 0.0120. The van der Waals surface area contributed by atoms with Crippen LogP contribution in [-0.4, -0.2) is 38.7 Å². The van der Waals surface area contributed by atoms with Gasteiger partial charge in [0.1, 0.15) is 5.69 Å². The van der Waals surface area contributed by atoms with Crippen molar-refractivity contribution in [1.29, 1.82) is 0 Å². The normalized spacial score (nSPS) is 17.1. The lowest BCUT2D eigenvalue weighted by atomic mass is 9.99. The summed E-state index contributed by atoms with van der Waals surface area (Å²) in [7, 11) is 0. The second kappa shape index (κ2) is 16.3. The van der Waals surface area contributed by atoms with Gasteiger partial charge in [0.25, 0.3) is 5.91 Å². The number of carbonyl (C=O) groups is 2. The van der Waals surface area contributed by atoms with Gasteiger partial charge in [-0.2, -0.15) is 0 Å². The zero-order chi connectivity index (χ0) is 35.9. The highest BCUT2D eigenvalue weighted by Crippen LogP contribution is 2.40. The highest BCUT2D eigenvalue weighted by atomic mass is 32.2. The molecule has 0 unspecified atom stereocenters. The van der Waals surface area contributed by atoms with E-state index in [1.165, 1.54) is 13.1 Å². The first-order valence-electron chi connectivity index (χ1n) is 17.1. The molecule has 10 heteroatoms. The molecule has 2 amide bonds. The standard InChI is InChI=1S/C42H38N4O5S/c1-27(48)45-34-17-19-36(20-18-34)52-26-35-22-40(31-11-9-28(25-47)10-12-31)51-42(50-35)32-15-13-30(14-16-32)33-6-4-5-29(21-33)23-44-41(49)39-24-43-37-7-2-3-8-38(37)46-39/h2-21,24,35,40,42,47H,22-23,25-26H2,1H3,(H,44,49)(H,45,48)/t35-,40+,42+/m0/s1. The Morgan fingerprint density at radius 2 is 1.56 bits per heavy atom. The van der Waals surface area contributed by atoms with Crippen molar-refractivity contribution in [2.75, 3.05) is 11.1 Å². The molecule has 262 valence electrons. The third-order valence-electron chi connectivity index (χ3n) is 8.80. The molecule has 3 atom stereocenters. The number of nitrogens with zero attached hydrogens (tertiary/aromatic N) is 2. The molecule has 52 heavy (non-hydrogen) atoms. The van der Waals surface area contributed by atoms with Crippen LogP contribution in [0.5, 0.6) is 0 Å². The van der Waals surface area contributed by atoms with Crippen molar-refractivity contribution in [2.45, 2.75) is 49.9 Å². The first kappa shape index (κ1) is 35.0. The summed E-state index contributed by atoms with van der Waals surface area (Å²) in [6.07, 6.45) is 1.33. The second-order valence-corrected chi connectivity index (χ2v) is 13.7. The third kappa shape index (κ3) is 8.72. The van der Waals surface area contributed by atoms with Crippen LogP contribution < -0.4 is 10.6 Å². The van der Waals surface area contributed by atoms with Crippen molar-refractivity contribution in [3.8, 4) is 11.1 Å². The number of hydrogen-bond acceptors (Lipinski definition) is 8. The van der Waals surface area contributed by atoms with Crippen LogP contribution in [0.15, 0.2) is 132 Å². The minimum Gasteiger partial charge on any atom is -0.392 e. The SMILES string of the molecule is CC(=O)Nc1ccc(SC[C@@H]2C[C@H](c3ccc(CO)cc3)O[C@H](c3ccc(-c4cccc(CNC(=O)c5cnc6ccccc6n5)c4)cc3)O2)cc1. The van der Waals surface area contributed by atoms with E-state index in [0.29, 0.717) is 18.5 Å². The van der Waals surface area contributed by atoms with Crippen LogP contribution in [0.1, 0.15) is 58.5 Å². The summed E-state index contributed by atoms with van der Waals surface area (Å²) in [5, 5.41) is 15.3. The first-order valence-corrected chi connectivity index (χ1v) is 18.1. The number of hydrogen-bond donors (Lipinski definition) is 3. The molecule has 1 saturated heterocycles. The number of benzene rings is 5. The highest BCUT2D eigenvalue weighted by molar-refractivity contribution is 7.99. The summed E-state index contributed by atoms with van der Waals surface area (Å²) < 4.78 is 13.1. The van der Waals surface area contributed by atoms with E-state index in [1.54, 1.807) is 11.8 Å². The van der Waals surface area contributed by atoms with Gasteiger partial charge in [-0.3, -0.25) is 14.6 Å². The number of aromatic nitrogens is 2. The molecular weight excluding hydrogens is 673 g/mol. The van der Waals surface area contributed by atoms with Gasteiger partial charge in [-0.25, -0.2) is 4.98 Å². The number of aliphatic hydroxyl groups is 1. The van der Waals surface area contributed by atoms with E-state index >= 15 is 0 Å². The van der Waals surface area contributed by atoms with Crippen LogP contribution in [0, 0.1) is 0 Å². The maximum Gasteiger partial charge on any atom is 0.271 e. The van der Waals surface area contributed by atoms with Crippen LogP contribution in [-0.2, 0) is 27.4 Å². The van der Waals surface area contributed by atoms with Gasteiger partial charge in [0, 0.05) is 41.8 Å². The fourth-order valence-corrected chi connectivity index (χ4v) is 7.00. The molecule has 6 aromatic rings. The molecule has 9 nitrogen and oxygen atoms in total. The summed E-state index contributed by atoms with van der Waals surface area (Å²) in [5.41, 5.74) is 8.27. The van der Waals surface area contributed by atoms with Gasteiger partial charge in [-0.15, -0.1) is 11.8 Å². The van der Waals surface area contributed by atoms with E-state index in [2.05, 4.69) is 38.8 Å². The lowest BCUT2D eigenvalue weighted by molar-refractivity contribution is -0.245. The van der Waals surface area contributed by atoms with Gasteiger partial charge in [-0.1, -0.05) is 78.9 Å². The Hall–Kier alpha value is -5.39. The molecule has 1 aliphatic heterocycles. The third-order valence-corrected chi connectivity index (χ3v) is 9.95. The lowest BCUT2D eigenvalue weighted by Gasteiger charge is -2.36. The minimum atomic E-state index is -0.571. The molecule has 0 saturated carbocycles. The Bertz CT molecular complexity index is 2160. The number of fused-ring (bicyclic) bond motifs is 1. The van der Waals surface area contributed by atoms with Crippen molar-refractivity contribution in [3.05, 3.63) is 155 Å². The lowest BCUT2D eigenvalue weighted by Crippen LogP contribution is -2.31. The van der Waals surface area contributed by atoms with E-state index in [1.807, 2.05) is 103 Å². The zero-order valence-corrected chi connectivity index (χ0v) is 29.4. The number of aliphatic hydroxyl groups excluding tert-OH is 1. The average Bonchev–Trinajstić information content (AvgIpc) is 3.19. The fourth-order valence-electron chi connectivity index (χ4n) is 6.08. The molecule has 0 radical (unpaired) electrons. The zero-order valence-electron chi connectivity index (χ0n) is 28.6. The molecule has 2 heterocycles. The van der Waals surface area contributed by atoms with Crippen LogP contribution >= 0.6 is 11.8 Å². The topological polar surface area (TPSA) is 123 Å². The van der Waals surface area contributed by atoms with E-state index in [4.69, 9.17) is 9.47 Å². The van der Waals surface area contributed by atoms with Crippen molar-refractivity contribution >= 4 is 40.3 Å². The Balaban J connectivity index is 1.03. The van der Waals surface area contributed by atoms with E-state index in [9.17, 15) is 14.7 Å². The Morgan fingerprint density at radius 3 is 2.31 bits per heavy atom. The summed E-state index contributed by atoms with van der Waals surface area (Å²) in [6.45, 7) is 1.83. The molecule has 1 fully saturated rings. The van der Waals surface area contributed by atoms with E-state index in [0.717, 1.165) is 55.2 Å². The van der Waals surface area contributed by atoms with Crippen molar-refractivity contribution in [2.24, 2.45) is 0 Å². The maximum absolute atomic E-state index is 12.9. The highest BCUT2D eigenvalue weighted by Gasteiger charge is 2.32. The van der Waals surface area contributed by atoms with Gasteiger partial charge >= 0.3 is 0 Å². The molecule has 0 bridgehead atoms. The number of nitrogens with one attached hydrogen (secondary N) is 2. The number of ether oxygens (including phenoxy) is 2. The number of para-hydroxylation sites is 2. The number of anilines is 1. The van der Waals surface area contributed by atoms with Crippen LogP contribution in [0.25, 0.3) is 22.2 Å². The molecule has 0 spiro atoms. The summed E-state index contributed by atoms with van der Waals surface area (Å²) >= 11 is 1.70. The average molecular weight is 711 g/mol. The maximum atomic E-state index is 12.9. The van der Waals surface area contributed by atoms with Gasteiger partial charge in [0.15, 0.2) is 6.29 Å². The molecule has 1 aliphatic rings. The van der Waals surface area contributed by atoms with Crippen LogP contribution in [0.3, 0.4) is 0 Å². The Kier molecular flexibility index (Phi) is 11.0. The smallest absolute Gasteiger partial charge is 0.271 e. The predicted octanol–water partition coefficient (Wildman–Crippen LogP) is 8.02. The summed E-state index contributed by atoms with van der Waals surface area (Å²) in [4.78, 5) is 34.2. The Morgan fingerprint density at radius 1 is 0.808 bits per heavy atom. The molecule has 3 N–H and O–H groups in total. The molecule has 5 aromatic carbocycles. The molecular formula is C42H38N4O5S. The van der Waals surface area contributed by atoms with Gasteiger partial charge in [0.05, 0.1) is 36.0 Å². The molecule has 7 rings (SSSR count). The van der Waals surface area contributed by atoms with Crippen molar-refractivity contribution < 1.29 is 24.2 Å². The van der Waals surface area contributed by atoms with Gasteiger partial charge < -0.3 is 25.2 Å². The number of amides is 2. The van der Waals surface area contributed by atoms with Gasteiger partial charge in [0.2, 0.25) is 5.91 Å². The second-order valence-electron chi connectivity index (χ2n) is 12.6. The Labute approximate surface area is 306 Å².